The van der Waals surface area contributed by atoms with E-state index in [1.807, 2.05) is 32.3 Å². The molecule has 0 spiro atoms. The standard InChI is InChI=1S/C16H19ClN4O2S2/c1-20(2)13-6-4-10-3-5-11(9-12(10)13)19-25(22,23)15-14(17)18-16-21(15)7-8-24-16/h3,5,7-9,13-15,19H,4,6H2,1-2H3. The number of halogens is 1. The summed E-state index contributed by atoms with van der Waals surface area (Å²) in [5.41, 5.74) is 2.21. The molecule has 1 N–H and O–H groups in total. The number of benzene rings is 1. The lowest BCUT2D eigenvalue weighted by Crippen LogP contribution is -2.42. The summed E-state index contributed by atoms with van der Waals surface area (Å²) in [5.74, 6) is 0. The van der Waals surface area contributed by atoms with Gasteiger partial charge in [-0.15, -0.1) is 0 Å². The fourth-order valence-electron chi connectivity index (χ4n) is 3.58. The molecule has 3 unspecified atom stereocenters. The molecular formula is C16H19ClN4O2S2. The maximum atomic E-state index is 12.9. The zero-order chi connectivity index (χ0) is 17.8. The van der Waals surface area contributed by atoms with E-state index >= 15 is 0 Å². The maximum absolute atomic E-state index is 12.9. The van der Waals surface area contributed by atoms with Gasteiger partial charge in [-0.1, -0.05) is 29.4 Å². The fraction of sp³-hybridized carbons (Fsp3) is 0.438. The summed E-state index contributed by atoms with van der Waals surface area (Å²) < 4.78 is 28.5. The summed E-state index contributed by atoms with van der Waals surface area (Å²) in [7, 11) is 0.370. The Labute approximate surface area is 157 Å². The van der Waals surface area contributed by atoms with Crippen molar-refractivity contribution in [1.82, 2.24) is 9.80 Å². The number of alkyl halides is 1. The minimum absolute atomic E-state index is 0.319. The van der Waals surface area contributed by atoms with Crippen LogP contribution in [0.5, 0.6) is 0 Å². The summed E-state index contributed by atoms with van der Waals surface area (Å²) >= 11 is 7.56. The number of amidine groups is 1. The first kappa shape index (κ1) is 17.2. The molecule has 0 radical (unpaired) electrons. The molecule has 0 bridgehead atoms. The first-order valence-electron chi connectivity index (χ1n) is 8.01. The van der Waals surface area contributed by atoms with Gasteiger partial charge < -0.3 is 9.80 Å². The number of hydrogen-bond donors (Lipinski definition) is 1. The van der Waals surface area contributed by atoms with Crippen LogP contribution in [0, 0.1) is 0 Å². The van der Waals surface area contributed by atoms with E-state index in [0.717, 1.165) is 12.8 Å². The predicted octanol–water partition coefficient (Wildman–Crippen LogP) is 2.76. The van der Waals surface area contributed by atoms with E-state index in [1.165, 1.54) is 22.9 Å². The highest BCUT2D eigenvalue weighted by Gasteiger charge is 2.45. The lowest BCUT2D eigenvalue weighted by atomic mass is 10.1. The molecule has 2 heterocycles. The van der Waals surface area contributed by atoms with Crippen molar-refractivity contribution in [2.75, 3.05) is 18.8 Å². The molecule has 3 aliphatic rings. The van der Waals surface area contributed by atoms with E-state index in [2.05, 4.69) is 14.6 Å². The number of nitrogens with zero attached hydrogens (tertiary/aromatic N) is 3. The van der Waals surface area contributed by atoms with E-state index in [0.29, 0.717) is 16.9 Å². The topological polar surface area (TPSA) is 65.0 Å². The van der Waals surface area contributed by atoms with Crippen molar-refractivity contribution in [2.24, 2.45) is 4.99 Å². The molecule has 9 heteroatoms. The largest absolute Gasteiger partial charge is 0.305 e. The number of thioether (sulfide) groups is 1. The summed E-state index contributed by atoms with van der Waals surface area (Å²) in [6.45, 7) is 0. The van der Waals surface area contributed by atoms with Crippen LogP contribution in [0.2, 0.25) is 0 Å². The first-order chi connectivity index (χ1) is 11.9. The van der Waals surface area contributed by atoms with Gasteiger partial charge in [-0.25, -0.2) is 13.4 Å². The zero-order valence-electron chi connectivity index (χ0n) is 13.9. The molecule has 0 aromatic heterocycles. The molecule has 2 aliphatic heterocycles. The van der Waals surface area contributed by atoms with Gasteiger partial charge in [0.25, 0.3) is 10.0 Å². The van der Waals surface area contributed by atoms with Crippen LogP contribution in [0.4, 0.5) is 5.69 Å². The second-order valence-electron chi connectivity index (χ2n) is 6.56. The lowest BCUT2D eigenvalue weighted by molar-refractivity contribution is 0.299. The van der Waals surface area contributed by atoms with Gasteiger partial charge >= 0.3 is 0 Å². The number of nitrogens with one attached hydrogen (secondary N) is 1. The molecule has 4 rings (SSSR count). The highest BCUT2D eigenvalue weighted by atomic mass is 35.5. The van der Waals surface area contributed by atoms with E-state index < -0.39 is 20.9 Å². The average molecular weight is 399 g/mol. The van der Waals surface area contributed by atoms with Gasteiger partial charge in [0.2, 0.25) is 0 Å². The Hall–Kier alpha value is -1.22. The average Bonchev–Trinajstić information content (AvgIpc) is 3.19. The van der Waals surface area contributed by atoms with Crippen molar-refractivity contribution in [2.45, 2.75) is 29.8 Å². The third kappa shape index (κ3) is 2.95. The number of fused-ring (bicyclic) bond motifs is 2. The van der Waals surface area contributed by atoms with E-state index in [9.17, 15) is 8.42 Å². The summed E-state index contributed by atoms with van der Waals surface area (Å²) in [6.07, 6.45) is 3.78. The van der Waals surface area contributed by atoms with Gasteiger partial charge in [-0.3, -0.25) is 4.72 Å². The van der Waals surface area contributed by atoms with Crippen LogP contribution in [-0.4, -0.2) is 48.4 Å². The van der Waals surface area contributed by atoms with Crippen LogP contribution in [0.1, 0.15) is 23.6 Å². The van der Waals surface area contributed by atoms with Crippen LogP contribution in [-0.2, 0) is 16.4 Å². The van der Waals surface area contributed by atoms with Gasteiger partial charge in [0.1, 0.15) is 0 Å². The van der Waals surface area contributed by atoms with Gasteiger partial charge in [0, 0.05) is 17.9 Å². The molecule has 6 nitrogen and oxygen atoms in total. The van der Waals surface area contributed by atoms with Gasteiger partial charge in [0.05, 0.1) is 0 Å². The molecule has 0 saturated heterocycles. The Balaban J connectivity index is 1.60. The highest BCUT2D eigenvalue weighted by molar-refractivity contribution is 8.16. The quantitative estimate of drug-likeness (QED) is 0.624. The van der Waals surface area contributed by atoms with E-state index in [-0.39, 0.29) is 0 Å². The molecule has 134 valence electrons. The third-order valence-electron chi connectivity index (χ3n) is 4.75. The van der Waals surface area contributed by atoms with Crippen molar-refractivity contribution in [3.8, 4) is 0 Å². The Morgan fingerprint density at radius 3 is 2.96 bits per heavy atom. The van der Waals surface area contributed by atoms with Gasteiger partial charge in [-0.05, 0) is 55.6 Å². The van der Waals surface area contributed by atoms with E-state index in [1.54, 1.807) is 16.5 Å². The van der Waals surface area contributed by atoms with Crippen LogP contribution in [0.25, 0.3) is 0 Å². The molecule has 0 fully saturated rings. The SMILES string of the molecule is CN(C)C1CCc2ccc(NS(=O)(=O)C3C(Cl)N=C4SC=CN43)cc21. The third-order valence-corrected chi connectivity index (χ3v) is 7.66. The van der Waals surface area contributed by atoms with Crippen LogP contribution in [0.15, 0.2) is 34.8 Å². The second-order valence-corrected chi connectivity index (χ2v) is 9.66. The van der Waals surface area contributed by atoms with Crippen molar-refractivity contribution in [1.29, 1.82) is 0 Å². The molecule has 1 aromatic carbocycles. The fourth-order valence-corrected chi connectivity index (χ4v) is 6.51. The van der Waals surface area contributed by atoms with Crippen LogP contribution >= 0.6 is 23.4 Å². The molecular weight excluding hydrogens is 380 g/mol. The van der Waals surface area contributed by atoms with Gasteiger partial charge in [0.15, 0.2) is 16.0 Å². The molecule has 1 aromatic rings. The number of anilines is 1. The summed E-state index contributed by atoms with van der Waals surface area (Å²) in [6, 6.07) is 6.10. The number of hydrogen-bond acceptors (Lipinski definition) is 6. The normalized spacial score (nSPS) is 27.6. The number of rotatable bonds is 4. The molecule has 1 aliphatic carbocycles. The van der Waals surface area contributed by atoms with Crippen LogP contribution in [0.3, 0.4) is 0 Å². The summed E-state index contributed by atoms with van der Waals surface area (Å²) in [5, 5.41) is 1.49. The number of aryl methyl sites for hydroxylation is 1. The predicted molar refractivity (Wildman–Crippen MR) is 103 cm³/mol. The number of aliphatic imine (C=N–C) groups is 1. The van der Waals surface area contributed by atoms with Crippen LogP contribution < -0.4 is 4.72 Å². The monoisotopic (exact) mass is 398 g/mol. The van der Waals surface area contributed by atoms with Crippen molar-refractivity contribution in [3.63, 3.8) is 0 Å². The molecule has 0 saturated carbocycles. The van der Waals surface area contributed by atoms with Crippen molar-refractivity contribution >= 4 is 44.2 Å². The Morgan fingerprint density at radius 2 is 2.20 bits per heavy atom. The zero-order valence-corrected chi connectivity index (χ0v) is 16.3. The Kier molecular flexibility index (Phi) is 4.26. The maximum Gasteiger partial charge on any atom is 0.257 e. The smallest absolute Gasteiger partial charge is 0.257 e. The van der Waals surface area contributed by atoms with E-state index in [4.69, 9.17) is 11.6 Å². The van der Waals surface area contributed by atoms with Crippen molar-refractivity contribution in [3.05, 3.63) is 40.9 Å². The molecule has 3 atom stereocenters. The van der Waals surface area contributed by atoms with Gasteiger partial charge in [-0.2, -0.15) is 0 Å². The minimum atomic E-state index is -3.72. The summed E-state index contributed by atoms with van der Waals surface area (Å²) in [4.78, 5) is 8.00. The minimum Gasteiger partial charge on any atom is -0.305 e. The number of sulfonamides is 1. The second kappa shape index (κ2) is 6.19. The highest BCUT2D eigenvalue weighted by Crippen LogP contribution is 2.38. The lowest BCUT2D eigenvalue weighted by Gasteiger charge is -2.24. The molecule has 25 heavy (non-hydrogen) atoms. The first-order valence-corrected chi connectivity index (χ1v) is 10.9. The Morgan fingerprint density at radius 1 is 1.40 bits per heavy atom. The van der Waals surface area contributed by atoms with Crippen molar-refractivity contribution < 1.29 is 8.42 Å². The Bertz CT molecular complexity index is 869. The molecule has 0 amide bonds.